The zero-order valence-corrected chi connectivity index (χ0v) is 22.0. The summed E-state index contributed by atoms with van der Waals surface area (Å²) in [4.78, 5) is 32.7. The Kier molecular flexibility index (Phi) is 9.28. The maximum absolute atomic E-state index is 13.2. The van der Waals surface area contributed by atoms with Crippen molar-refractivity contribution in [3.05, 3.63) is 72.7 Å². The number of carbonyl (C=O) groups is 2. The molecule has 37 heavy (non-hydrogen) atoms. The fraction of sp³-hybridized carbons (Fsp3) is 0.346. The summed E-state index contributed by atoms with van der Waals surface area (Å²) in [5.41, 5.74) is 8.07. The lowest BCUT2D eigenvalue weighted by molar-refractivity contribution is -0.311. The first-order valence-corrected chi connectivity index (χ1v) is 11.8. The molecule has 2 heterocycles. The van der Waals surface area contributed by atoms with Crippen molar-refractivity contribution >= 4 is 30.2 Å². The van der Waals surface area contributed by atoms with Gasteiger partial charge in [0.25, 0.3) is 5.91 Å². The van der Waals surface area contributed by atoms with Gasteiger partial charge >= 0.3 is 12.1 Å². The van der Waals surface area contributed by atoms with Gasteiger partial charge in [-0.05, 0) is 25.0 Å². The van der Waals surface area contributed by atoms with Crippen LogP contribution in [0.15, 0.2) is 67.1 Å². The maximum atomic E-state index is 13.2. The van der Waals surface area contributed by atoms with Crippen LogP contribution in [0.5, 0.6) is 0 Å². The van der Waals surface area contributed by atoms with E-state index >= 15 is 0 Å². The molecule has 3 amide bonds. The molecule has 4 rings (SSSR count). The fourth-order valence-electron chi connectivity index (χ4n) is 4.77. The number of methoxy groups -OCH3 is 2. The third-order valence-electron chi connectivity index (χ3n) is 6.65. The number of amides is 3. The Hall–Kier alpha value is -3.44. The highest BCUT2D eigenvalue weighted by Gasteiger charge is 2.42. The number of ether oxygens (including phenoxy) is 2. The fourth-order valence-corrected chi connectivity index (χ4v) is 4.77. The quantitative estimate of drug-likeness (QED) is 0.449. The molecule has 0 atom stereocenters. The molecular weight excluding hydrogens is 496 g/mol. The summed E-state index contributed by atoms with van der Waals surface area (Å²) in [6, 6.07) is 16.3. The van der Waals surface area contributed by atoms with Gasteiger partial charge in [0.05, 0.1) is 5.69 Å². The van der Waals surface area contributed by atoms with Crippen molar-refractivity contribution in [3.63, 3.8) is 0 Å². The number of nitrogens with one attached hydrogen (secondary N) is 1. The second kappa shape index (κ2) is 12.2. The number of aromatic nitrogens is 2. The highest BCUT2D eigenvalue weighted by Crippen LogP contribution is 2.33. The predicted octanol–water partition coefficient (Wildman–Crippen LogP) is 3.93. The largest absolute Gasteiger partial charge is 0.351 e. The van der Waals surface area contributed by atoms with Crippen LogP contribution in [0.3, 0.4) is 0 Å². The minimum atomic E-state index is -0.966. The van der Waals surface area contributed by atoms with Crippen LogP contribution >= 0.6 is 12.4 Å². The minimum Gasteiger partial charge on any atom is -0.351 e. The molecule has 2 aromatic carbocycles. The number of hydrogen-bond donors (Lipinski definition) is 2. The van der Waals surface area contributed by atoms with Crippen molar-refractivity contribution in [3.8, 4) is 11.3 Å². The first-order chi connectivity index (χ1) is 17.4. The molecule has 0 unspecified atom stereocenters. The molecule has 0 bridgehead atoms. The summed E-state index contributed by atoms with van der Waals surface area (Å²) >= 11 is 0. The van der Waals surface area contributed by atoms with Crippen molar-refractivity contribution in [2.45, 2.75) is 24.8 Å². The minimum absolute atomic E-state index is 0. The molecule has 0 spiro atoms. The number of rotatable bonds is 7. The normalized spacial score (nSPS) is 14.6. The van der Waals surface area contributed by atoms with E-state index in [0.717, 1.165) is 24.0 Å². The zero-order valence-electron chi connectivity index (χ0n) is 21.2. The number of piperidine rings is 1. The average molecular weight is 529 g/mol. The Morgan fingerprint density at radius 2 is 1.76 bits per heavy atom. The summed E-state index contributed by atoms with van der Waals surface area (Å²) in [6.45, 7) is 1.40. The lowest BCUT2D eigenvalue weighted by atomic mass is 10.0. The van der Waals surface area contributed by atoms with E-state index in [1.54, 1.807) is 43.5 Å². The number of imidazole rings is 1. The number of primary amides is 1. The summed E-state index contributed by atoms with van der Waals surface area (Å²) in [7, 11) is 5.11. The lowest BCUT2D eigenvalue weighted by Gasteiger charge is -2.45. The predicted molar refractivity (Wildman–Crippen MR) is 143 cm³/mol. The molecule has 1 aromatic heterocycles. The van der Waals surface area contributed by atoms with Crippen LogP contribution in [-0.2, 0) is 15.4 Å². The third-order valence-corrected chi connectivity index (χ3v) is 6.65. The molecule has 0 radical (unpaired) electrons. The van der Waals surface area contributed by atoms with Crippen molar-refractivity contribution in [1.82, 2.24) is 19.4 Å². The topological polar surface area (TPSA) is 115 Å². The van der Waals surface area contributed by atoms with Gasteiger partial charge in [-0.25, -0.2) is 19.5 Å². The summed E-state index contributed by atoms with van der Waals surface area (Å²) in [5.74, 6) is -0.966. The Labute approximate surface area is 222 Å². The number of benzene rings is 2. The average Bonchev–Trinajstić information content (AvgIpc) is 3.40. The number of anilines is 1. The van der Waals surface area contributed by atoms with Crippen LogP contribution in [0.25, 0.3) is 11.3 Å². The highest BCUT2D eigenvalue weighted by atomic mass is 35.5. The van der Waals surface area contributed by atoms with E-state index in [1.165, 1.54) is 10.9 Å². The first kappa shape index (κ1) is 28.1. The van der Waals surface area contributed by atoms with E-state index in [-0.39, 0.29) is 24.5 Å². The van der Waals surface area contributed by atoms with Gasteiger partial charge in [0.15, 0.2) is 0 Å². The van der Waals surface area contributed by atoms with Crippen LogP contribution in [0.1, 0.15) is 18.4 Å². The van der Waals surface area contributed by atoms with Crippen LogP contribution in [-0.4, -0.2) is 71.8 Å². The van der Waals surface area contributed by atoms with Crippen molar-refractivity contribution in [2.24, 2.45) is 5.73 Å². The van der Waals surface area contributed by atoms with E-state index in [1.807, 2.05) is 43.4 Å². The number of hydrogen-bond acceptors (Lipinski definition) is 6. The van der Waals surface area contributed by atoms with Gasteiger partial charge < -0.3 is 25.4 Å². The SMILES string of the molecule is COC(OC)(c1ccccc1)N1CCC(N(C)C(=O)n2cnc(-c3cccc(NC(N)=O)c3)c2)CC1.Cl. The molecule has 10 nitrogen and oxygen atoms in total. The second-order valence-corrected chi connectivity index (χ2v) is 8.70. The molecule has 1 aliphatic heterocycles. The van der Waals surface area contributed by atoms with Crippen LogP contribution < -0.4 is 11.1 Å². The van der Waals surface area contributed by atoms with Crippen LogP contribution in [0.2, 0.25) is 0 Å². The Balaban J connectivity index is 0.00000380. The van der Waals surface area contributed by atoms with Crippen molar-refractivity contribution < 1.29 is 19.1 Å². The van der Waals surface area contributed by atoms with Gasteiger partial charge in [0.2, 0.25) is 0 Å². The third kappa shape index (κ3) is 5.94. The summed E-state index contributed by atoms with van der Waals surface area (Å²) < 4.78 is 13.2. The van der Waals surface area contributed by atoms with Crippen LogP contribution in [0, 0.1) is 0 Å². The molecular formula is C26H33ClN6O4. The standard InChI is InChI=1S/C26H32N6O4.ClH/c1-30(22-12-14-32(15-13-22)26(35-2,36-3)20-9-5-4-6-10-20)25(34)31-17-23(28-18-31)19-8-7-11-21(16-19)29-24(27)33;/h4-11,16-18,22H,12-15H2,1-3H3,(H3,27,29,33);1H. The van der Waals surface area contributed by atoms with Gasteiger partial charge in [0.1, 0.15) is 6.33 Å². The number of nitrogens with two attached hydrogens (primary N) is 1. The lowest BCUT2D eigenvalue weighted by Crippen LogP contribution is -2.55. The van der Waals surface area contributed by atoms with E-state index in [2.05, 4.69) is 15.2 Å². The highest BCUT2D eigenvalue weighted by molar-refractivity contribution is 5.88. The molecule has 1 fully saturated rings. The molecule has 1 saturated heterocycles. The summed E-state index contributed by atoms with van der Waals surface area (Å²) in [5, 5.41) is 2.55. The zero-order chi connectivity index (χ0) is 25.7. The van der Waals surface area contributed by atoms with Gasteiger partial charge in [0, 0.05) is 63.4 Å². The number of carbonyl (C=O) groups excluding carboxylic acids is 2. The van der Waals surface area contributed by atoms with Gasteiger partial charge in [-0.1, -0.05) is 42.5 Å². The molecule has 3 aromatic rings. The Bertz CT molecular complexity index is 1190. The van der Waals surface area contributed by atoms with Crippen molar-refractivity contribution in [1.29, 1.82) is 0 Å². The molecule has 0 saturated carbocycles. The smallest absolute Gasteiger partial charge is 0.329 e. The van der Waals surface area contributed by atoms with Crippen LogP contribution in [0.4, 0.5) is 15.3 Å². The number of nitrogens with zero attached hydrogens (tertiary/aromatic N) is 4. The summed E-state index contributed by atoms with van der Waals surface area (Å²) in [6.07, 6.45) is 4.74. The van der Waals surface area contributed by atoms with E-state index in [0.29, 0.717) is 24.5 Å². The maximum Gasteiger partial charge on any atom is 0.329 e. The first-order valence-electron chi connectivity index (χ1n) is 11.8. The second-order valence-electron chi connectivity index (χ2n) is 8.70. The Morgan fingerprint density at radius 3 is 2.38 bits per heavy atom. The van der Waals surface area contributed by atoms with Gasteiger partial charge in [-0.3, -0.25) is 4.57 Å². The number of likely N-dealkylation sites (tertiary alicyclic amines) is 1. The molecule has 1 aliphatic rings. The van der Waals surface area contributed by atoms with E-state index in [4.69, 9.17) is 15.2 Å². The van der Waals surface area contributed by atoms with Gasteiger partial charge in [-0.15, -0.1) is 12.4 Å². The van der Waals surface area contributed by atoms with Crippen molar-refractivity contribution in [2.75, 3.05) is 39.7 Å². The number of halogens is 1. The monoisotopic (exact) mass is 528 g/mol. The number of urea groups is 1. The van der Waals surface area contributed by atoms with Gasteiger partial charge in [-0.2, -0.15) is 0 Å². The van der Waals surface area contributed by atoms with E-state index < -0.39 is 11.9 Å². The molecule has 11 heteroatoms. The molecule has 0 aliphatic carbocycles. The molecule has 3 N–H and O–H groups in total. The van der Waals surface area contributed by atoms with E-state index in [9.17, 15) is 9.59 Å². The Morgan fingerprint density at radius 1 is 1.08 bits per heavy atom. The molecule has 198 valence electrons.